The molecule has 0 bridgehead atoms. The predicted molar refractivity (Wildman–Crippen MR) is 82.4 cm³/mol. The fraction of sp³-hybridized carbons (Fsp3) is 0.312. The normalized spacial score (nSPS) is 12.2. The van der Waals surface area contributed by atoms with Crippen molar-refractivity contribution in [2.24, 2.45) is 0 Å². The Hall–Kier alpha value is -1.65. The molecule has 0 spiro atoms. The van der Waals surface area contributed by atoms with E-state index in [2.05, 4.69) is 17.2 Å². The van der Waals surface area contributed by atoms with Gasteiger partial charge in [0.2, 0.25) is 5.88 Å². The first-order valence-electron chi connectivity index (χ1n) is 6.93. The number of rotatable bonds is 6. The molecule has 0 radical (unpaired) electrons. The second kappa shape index (κ2) is 7.38. The predicted octanol–water partition coefficient (Wildman–Crippen LogP) is 4.73. The first-order chi connectivity index (χ1) is 10.1. The number of halogens is 2. The molecule has 3 nitrogen and oxygen atoms in total. The maximum absolute atomic E-state index is 13.9. The molecule has 0 amide bonds. The van der Waals surface area contributed by atoms with Gasteiger partial charge in [0.05, 0.1) is 5.02 Å². The van der Waals surface area contributed by atoms with Gasteiger partial charge in [-0.3, -0.25) is 0 Å². The number of nitrogens with one attached hydrogen (secondary N) is 1. The number of hydrogen-bond donors (Lipinski definition) is 1. The van der Waals surface area contributed by atoms with Crippen LogP contribution in [0.25, 0.3) is 0 Å². The third-order valence-corrected chi connectivity index (χ3v) is 3.38. The van der Waals surface area contributed by atoms with E-state index >= 15 is 0 Å². The molecular weight excluding hydrogens is 291 g/mol. The van der Waals surface area contributed by atoms with Crippen LogP contribution < -0.4 is 10.1 Å². The van der Waals surface area contributed by atoms with Gasteiger partial charge in [-0.2, -0.15) is 0 Å². The van der Waals surface area contributed by atoms with Gasteiger partial charge in [0.1, 0.15) is 0 Å². The van der Waals surface area contributed by atoms with Gasteiger partial charge in [0.25, 0.3) is 0 Å². The Balaban J connectivity index is 2.26. The van der Waals surface area contributed by atoms with E-state index in [9.17, 15) is 4.39 Å². The largest absolute Gasteiger partial charge is 0.436 e. The van der Waals surface area contributed by atoms with Crippen molar-refractivity contribution in [1.82, 2.24) is 10.3 Å². The summed E-state index contributed by atoms with van der Waals surface area (Å²) in [5.74, 6) is -0.121. The first-order valence-corrected chi connectivity index (χ1v) is 7.31. The fourth-order valence-corrected chi connectivity index (χ4v) is 2.12. The molecular formula is C16H18ClFN2O. The SMILES string of the molecule is CCCNC(C)c1cccnc1Oc1cccc(Cl)c1F. The molecule has 2 aromatic rings. The van der Waals surface area contributed by atoms with E-state index in [-0.39, 0.29) is 16.8 Å². The highest BCUT2D eigenvalue weighted by molar-refractivity contribution is 6.30. The van der Waals surface area contributed by atoms with Crippen molar-refractivity contribution in [3.05, 3.63) is 52.9 Å². The van der Waals surface area contributed by atoms with Crippen molar-refractivity contribution in [3.63, 3.8) is 0 Å². The van der Waals surface area contributed by atoms with Gasteiger partial charge in [-0.25, -0.2) is 9.37 Å². The van der Waals surface area contributed by atoms with Crippen molar-refractivity contribution in [2.45, 2.75) is 26.3 Å². The van der Waals surface area contributed by atoms with E-state index in [1.165, 1.54) is 12.1 Å². The summed E-state index contributed by atoms with van der Waals surface area (Å²) in [7, 11) is 0. The molecule has 0 aliphatic heterocycles. The third kappa shape index (κ3) is 3.93. The maximum Gasteiger partial charge on any atom is 0.224 e. The number of ether oxygens (including phenoxy) is 1. The standard InChI is InChI=1S/C16H18ClFN2O/c1-3-9-19-11(2)12-6-5-10-20-16(12)21-14-8-4-7-13(17)15(14)18/h4-8,10-11,19H,3,9H2,1-2H3. The van der Waals surface area contributed by atoms with Crippen molar-refractivity contribution >= 4 is 11.6 Å². The summed E-state index contributed by atoms with van der Waals surface area (Å²) in [5, 5.41) is 3.39. The zero-order chi connectivity index (χ0) is 15.2. The molecule has 1 N–H and O–H groups in total. The van der Waals surface area contributed by atoms with Gasteiger partial charge < -0.3 is 10.1 Å². The number of aromatic nitrogens is 1. The smallest absolute Gasteiger partial charge is 0.224 e. The highest BCUT2D eigenvalue weighted by atomic mass is 35.5. The van der Waals surface area contributed by atoms with Crippen LogP contribution in [0.1, 0.15) is 31.9 Å². The van der Waals surface area contributed by atoms with E-state index in [4.69, 9.17) is 16.3 Å². The Morgan fingerprint density at radius 3 is 2.90 bits per heavy atom. The van der Waals surface area contributed by atoms with Crippen LogP contribution in [0.15, 0.2) is 36.5 Å². The number of nitrogens with zero attached hydrogens (tertiary/aromatic N) is 1. The van der Waals surface area contributed by atoms with Gasteiger partial charge in [-0.05, 0) is 38.1 Å². The van der Waals surface area contributed by atoms with Crippen LogP contribution in [0.5, 0.6) is 11.6 Å². The summed E-state index contributed by atoms with van der Waals surface area (Å²) in [6, 6.07) is 8.47. The lowest BCUT2D eigenvalue weighted by molar-refractivity contribution is 0.414. The minimum absolute atomic E-state index is 0.0298. The van der Waals surface area contributed by atoms with Gasteiger partial charge in [0.15, 0.2) is 11.6 Å². The second-order valence-electron chi connectivity index (χ2n) is 4.73. The summed E-state index contributed by atoms with van der Waals surface area (Å²) in [6.07, 6.45) is 2.65. The molecule has 1 unspecified atom stereocenters. The molecule has 0 saturated heterocycles. The number of pyridine rings is 1. The van der Waals surface area contributed by atoms with Gasteiger partial charge in [0, 0.05) is 17.8 Å². The minimum Gasteiger partial charge on any atom is -0.436 e. The zero-order valence-corrected chi connectivity index (χ0v) is 12.8. The average molecular weight is 309 g/mol. The molecule has 1 atom stereocenters. The molecule has 112 valence electrons. The Bertz CT molecular complexity index is 607. The quantitative estimate of drug-likeness (QED) is 0.838. The highest BCUT2D eigenvalue weighted by Gasteiger charge is 2.15. The van der Waals surface area contributed by atoms with Crippen LogP contribution >= 0.6 is 11.6 Å². The monoisotopic (exact) mass is 308 g/mol. The number of benzene rings is 1. The molecule has 0 fully saturated rings. The van der Waals surface area contributed by atoms with Crippen molar-refractivity contribution in [3.8, 4) is 11.6 Å². The molecule has 5 heteroatoms. The number of hydrogen-bond acceptors (Lipinski definition) is 3. The fourth-order valence-electron chi connectivity index (χ4n) is 1.96. The van der Waals surface area contributed by atoms with Crippen LogP contribution in [0.2, 0.25) is 5.02 Å². The summed E-state index contributed by atoms with van der Waals surface area (Å²) < 4.78 is 19.5. The first kappa shape index (κ1) is 15.7. The Kier molecular flexibility index (Phi) is 5.53. The summed E-state index contributed by atoms with van der Waals surface area (Å²) in [6.45, 7) is 5.01. The molecule has 0 saturated carbocycles. The lowest BCUT2D eigenvalue weighted by Crippen LogP contribution is -2.20. The van der Waals surface area contributed by atoms with Crippen LogP contribution in [-0.4, -0.2) is 11.5 Å². The Labute approximate surface area is 129 Å². The summed E-state index contributed by atoms with van der Waals surface area (Å²) in [4.78, 5) is 4.20. The molecule has 2 rings (SSSR count). The van der Waals surface area contributed by atoms with Gasteiger partial charge >= 0.3 is 0 Å². The van der Waals surface area contributed by atoms with E-state index in [1.807, 2.05) is 19.1 Å². The molecule has 1 heterocycles. The van der Waals surface area contributed by atoms with Gasteiger partial charge in [-0.1, -0.05) is 30.7 Å². The zero-order valence-electron chi connectivity index (χ0n) is 12.1. The van der Waals surface area contributed by atoms with E-state index in [0.717, 1.165) is 18.5 Å². The lowest BCUT2D eigenvalue weighted by atomic mass is 10.1. The highest BCUT2D eigenvalue weighted by Crippen LogP contribution is 2.31. The molecule has 1 aromatic carbocycles. The molecule has 1 aromatic heterocycles. The average Bonchev–Trinajstić information content (AvgIpc) is 2.50. The second-order valence-corrected chi connectivity index (χ2v) is 5.13. The van der Waals surface area contributed by atoms with Crippen molar-refractivity contribution < 1.29 is 9.13 Å². The molecule has 21 heavy (non-hydrogen) atoms. The topological polar surface area (TPSA) is 34.2 Å². The Morgan fingerprint density at radius 2 is 2.14 bits per heavy atom. The van der Waals surface area contributed by atoms with Crippen molar-refractivity contribution in [2.75, 3.05) is 6.54 Å². The maximum atomic E-state index is 13.9. The van der Waals surface area contributed by atoms with E-state index in [1.54, 1.807) is 12.3 Å². The molecule has 0 aliphatic carbocycles. The third-order valence-electron chi connectivity index (χ3n) is 3.09. The van der Waals surface area contributed by atoms with Crippen molar-refractivity contribution in [1.29, 1.82) is 0 Å². The van der Waals surface area contributed by atoms with Crippen LogP contribution in [0.4, 0.5) is 4.39 Å². The lowest BCUT2D eigenvalue weighted by Gasteiger charge is -2.17. The van der Waals surface area contributed by atoms with E-state index < -0.39 is 5.82 Å². The van der Waals surface area contributed by atoms with Crippen LogP contribution in [0, 0.1) is 5.82 Å². The summed E-state index contributed by atoms with van der Waals surface area (Å²) in [5.41, 5.74) is 0.880. The summed E-state index contributed by atoms with van der Waals surface area (Å²) >= 11 is 5.76. The van der Waals surface area contributed by atoms with Crippen LogP contribution in [-0.2, 0) is 0 Å². The Morgan fingerprint density at radius 1 is 1.33 bits per heavy atom. The molecule has 0 aliphatic rings. The van der Waals surface area contributed by atoms with Crippen LogP contribution in [0.3, 0.4) is 0 Å². The van der Waals surface area contributed by atoms with Gasteiger partial charge in [-0.15, -0.1) is 0 Å². The minimum atomic E-state index is -0.579. The van der Waals surface area contributed by atoms with E-state index in [0.29, 0.717) is 5.88 Å².